The largest absolute Gasteiger partial charge is 0.365 e. The molecule has 0 aliphatic heterocycles. The molecule has 2 N–H and O–H groups in total. The molecule has 2 rings (SSSR count). The molecular weight excluding hydrogens is 238 g/mol. The lowest BCUT2D eigenvalue weighted by Crippen LogP contribution is -2.05. The molecular formula is C11H12ClN5. The molecule has 0 aromatic carbocycles. The van der Waals surface area contributed by atoms with Crippen LogP contribution in [-0.2, 0) is 6.54 Å². The lowest BCUT2D eigenvalue weighted by atomic mass is 10.3. The number of aromatic nitrogens is 3. The first-order valence-corrected chi connectivity index (χ1v) is 5.50. The number of pyridine rings is 1. The van der Waals surface area contributed by atoms with Gasteiger partial charge in [0.25, 0.3) is 0 Å². The van der Waals surface area contributed by atoms with Gasteiger partial charge in [-0.25, -0.2) is 4.98 Å². The number of anilines is 2. The van der Waals surface area contributed by atoms with Gasteiger partial charge in [-0.15, -0.1) is 0 Å². The second-order valence-corrected chi connectivity index (χ2v) is 3.76. The highest BCUT2D eigenvalue weighted by molar-refractivity contribution is 6.32. The van der Waals surface area contributed by atoms with Crippen LogP contribution < -0.4 is 10.6 Å². The van der Waals surface area contributed by atoms with E-state index in [0.29, 0.717) is 23.3 Å². The van der Waals surface area contributed by atoms with E-state index >= 15 is 0 Å². The Hall–Kier alpha value is -1.88. The third-order valence-electron chi connectivity index (χ3n) is 2.18. The van der Waals surface area contributed by atoms with Gasteiger partial charge in [-0.1, -0.05) is 11.6 Å². The number of nitrogens with zero attached hydrogens (tertiary/aromatic N) is 3. The van der Waals surface area contributed by atoms with Crippen molar-refractivity contribution in [3.63, 3.8) is 0 Å². The molecule has 0 fully saturated rings. The van der Waals surface area contributed by atoms with E-state index in [0.717, 1.165) is 5.56 Å². The summed E-state index contributed by atoms with van der Waals surface area (Å²) in [5, 5.41) is 6.51. The Balaban J connectivity index is 2.08. The van der Waals surface area contributed by atoms with E-state index in [1.165, 1.54) is 0 Å². The number of hydrogen-bond donors (Lipinski definition) is 2. The maximum atomic E-state index is 5.99. The Kier molecular flexibility index (Phi) is 3.72. The van der Waals surface area contributed by atoms with E-state index in [-0.39, 0.29) is 0 Å². The Morgan fingerprint density at radius 1 is 1.29 bits per heavy atom. The lowest BCUT2D eigenvalue weighted by Gasteiger charge is -2.08. The van der Waals surface area contributed by atoms with Gasteiger partial charge in [0.2, 0.25) is 5.95 Å². The smallest absolute Gasteiger partial charge is 0.224 e. The monoisotopic (exact) mass is 249 g/mol. The van der Waals surface area contributed by atoms with Crippen molar-refractivity contribution in [2.24, 2.45) is 0 Å². The summed E-state index contributed by atoms with van der Waals surface area (Å²) in [4.78, 5) is 12.2. The third-order valence-corrected chi connectivity index (χ3v) is 2.45. The molecule has 0 aliphatic carbocycles. The second kappa shape index (κ2) is 5.45. The van der Waals surface area contributed by atoms with Crippen molar-refractivity contribution in [2.75, 3.05) is 17.7 Å². The minimum atomic E-state index is 0.498. The first-order chi connectivity index (χ1) is 8.29. The molecule has 0 aliphatic rings. The average molecular weight is 250 g/mol. The molecule has 2 aromatic heterocycles. The van der Waals surface area contributed by atoms with Crippen LogP contribution in [0.4, 0.5) is 11.8 Å². The predicted molar refractivity (Wildman–Crippen MR) is 68.2 cm³/mol. The van der Waals surface area contributed by atoms with Crippen molar-refractivity contribution in [1.82, 2.24) is 15.0 Å². The molecule has 0 spiro atoms. The molecule has 0 saturated heterocycles. The van der Waals surface area contributed by atoms with Crippen molar-refractivity contribution < 1.29 is 0 Å². The van der Waals surface area contributed by atoms with Crippen LogP contribution in [0.5, 0.6) is 0 Å². The first-order valence-electron chi connectivity index (χ1n) is 5.12. The summed E-state index contributed by atoms with van der Waals surface area (Å²) in [5.41, 5.74) is 1.11. The maximum absolute atomic E-state index is 5.99. The van der Waals surface area contributed by atoms with Crippen molar-refractivity contribution in [1.29, 1.82) is 0 Å². The number of hydrogen-bond acceptors (Lipinski definition) is 5. The molecule has 2 aromatic rings. The second-order valence-electron chi connectivity index (χ2n) is 3.35. The molecule has 0 unspecified atom stereocenters. The topological polar surface area (TPSA) is 62.7 Å². The summed E-state index contributed by atoms with van der Waals surface area (Å²) in [6.07, 6.45) is 5.06. The highest BCUT2D eigenvalue weighted by Crippen LogP contribution is 2.19. The Bertz CT molecular complexity index is 488. The zero-order valence-electron chi connectivity index (χ0n) is 9.31. The molecule has 0 bridgehead atoms. The fraction of sp³-hybridized carbons (Fsp3) is 0.182. The Morgan fingerprint density at radius 2 is 2.06 bits per heavy atom. The van der Waals surface area contributed by atoms with Gasteiger partial charge in [-0.05, 0) is 17.7 Å². The van der Waals surface area contributed by atoms with Gasteiger partial charge >= 0.3 is 0 Å². The van der Waals surface area contributed by atoms with Gasteiger partial charge < -0.3 is 10.6 Å². The van der Waals surface area contributed by atoms with Crippen molar-refractivity contribution >= 4 is 23.4 Å². The fourth-order valence-electron chi connectivity index (χ4n) is 1.30. The summed E-state index contributed by atoms with van der Waals surface area (Å²) in [6.45, 7) is 0.641. The van der Waals surface area contributed by atoms with Gasteiger partial charge in [0.15, 0.2) is 5.82 Å². The summed E-state index contributed by atoms with van der Waals surface area (Å²) in [6, 6.07) is 3.86. The maximum Gasteiger partial charge on any atom is 0.224 e. The van der Waals surface area contributed by atoms with Crippen LogP contribution in [0.25, 0.3) is 0 Å². The van der Waals surface area contributed by atoms with E-state index in [1.807, 2.05) is 12.1 Å². The normalized spacial score (nSPS) is 10.0. The van der Waals surface area contributed by atoms with E-state index in [9.17, 15) is 0 Å². The number of nitrogens with one attached hydrogen (secondary N) is 2. The fourth-order valence-corrected chi connectivity index (χ4v) is 1.46. The first kappa shape index (κ1) is 11.6. The quantitative estimate of drug-likeness (QED) is 0.870. The van der Waals surface area contributed by atoms with Crippen LogP contribution in [0.2, 0.25) is 5.02 Å². The molecule has 6 heteroatoms. The molecule has 0 atom stereocenters. The van der Waals surface area contributed by atoms with Gasteiger partial charge in [0.05, 0.1) is 6.20 Å². The van der Waals surface area contributed by atoms with E-state index in [1.54, 1.807) is 25.6 Å². The summed E-state index contributed by atoms with van der Waals surface area (Å²) >= 11 is 5.99. The Morgan fingerprint density at radius 3 is 2.76 bits per heavy atom. The van der Waals surface area contributed by atoms with E-state index in [4.69, 9.17) is 11.6 Å². The van der Waals surface area contributed by atoms with Gasteiger partial charge in [0.1, 0.15) is 5.02 Å². The van der Waals surface area contributed by atoms with Crippen LogP contribution in [-0.4, -0.2) is 22.0 Å². The molecule has 0 amide bonds. The van der Waals surface area contributed by atoms with Crippen LogP contribution in [0.1, 0.15) is 5.56 Å². The molecule has 2 heterocycles. The SMILES string of the molecule is CNc1ncc(Cl)c(NCc2ccncc2)n1. The highest BCUT2D eigenvalue weighted by atomic mass is 35.5. The van der Waals surface area contributed by atoms with Crippen LogP contribution in [0, 0.1) is 0 Å². The zero-order chi connectivity index (χ0) is 12.1. The van der Waals surface area contributed by atoms with E-state index in [2.05, 4.69) is 25.6 Å². The van der Waals surface area contributed by atoms with Gasteiger partial charge in [0, 0.05) is 26.0 Å². The summed E-state index contributed by atoms with van der Waals surface area (Å²) < 4.78 is 0. The van der Waals surface area contributed by atoms with Gasteiger partial charge in [-0.2, -0.15) is 4.98 Å². The summed E-state index contributed by atoms with van der Waals surface area (Å²) in [5.74, 6) is 1.15. The molecule has 88 valence electrons. The van der Waals surface area contributed by atoms with Crippen molar-refractivity contribution in [2.45, 2.75) is 6.54 Å². The minimum absolute atomic E-state index is 0.498. The zero-order valence-corrected chi connectivity index (χ0v) is 10.1. The Labute approximate surface area is 104 Å². The average Bonchev–Trinajstić information content (AvgIpc) is 2.39. The van der Waals surface area contributed by atoms with Crippen LogP contribution in [0.15, 0.2) is 30.7 Å². The molecule has 5 nitrogen and oxygen atoms in total. The molecule has 0 radical (unpaired) electrons. The third kappa shape index (κ3) is 3.04. The lowest BCUT2D eigenvalue weighted by molar-refractivity contribution is 1.07. The van der Waals surface area contributed by atoms with Crippen molar-refractivity contribution in [3.05, 3.63) is 41.3 Å². The highest BCUT2D eigenvalue weighted by Gasteiger charge is 2.03. The standard InChI is InChI=1S/C11H12ClN5/c1-13-11-16-7-9(12)10(17-11)15-6-8-2-4-14-5-3-8/h2-5,7H,6H2,1H3,(H2,13,15,16,17). The van der Waals surface area contributed by atoms with Crippen LogP contribution in [0.3, 0.4) is 0 Å². The van der Waals surface area contributed by atoms with E-state index < -0.39 is 0 Å². The van der Waals surface area contributed by atoms with Crippen molar-refractivity contribution in [3.8, 4) is 0 Å². The number of rotatable bonds is 4. The number of halogens is 1. The molecule has 0 saturated carbocycles. The predicted octanol–water partition coefficient (Wildman–Crippen LogP) is 2.18. The van der Waals surface area contributed by atoms with Crippen LogP contribution >= 0.6 is 11.6 Å². The summed E-state index contributed by atoms with van der Waals surface area (Å²) in [7, 11) is 1.76. The molecule has 17 heavy (non-hydrogen) atoms. The minimum Gasteiger partial charge on any atom is -0.365 e. The van der Waals surface area contributed by atoms with Gasteiger partial charge in [-0.3, -0.25) is 4.98 Å².